The number of benzene rings is 2. The Kier molecular flexibility index (Phi) is 5.70. The summed E-state index contributed by atoms with van der Waals surface area (Å²) in [7, 11) is 1.71. The Morgan fingerprint density at radius 1 is 1.04 bits per heavy atom. The van der Waals surface area contributed by atoms with Gasteiger partial charge in [-0.1, -0.05) is 42.5 Å². The highest BCUT2D eigenvalue weighted by atomic mass is 16.5. The molecule has 1 saturated heterocycles. The highest BCUT2D eigenvalue weighted by Crippen LogP contribution is 2.42. The van der Waals surface area contributed by atoms with E-state index in [0.29, 0.717) is 24.3 Å². The van der Waals surface area contributed by atoms with Gasteiger partial charge in [-0.25, -0.2) is 0 Å². The average molecular weight is 378 g/mol. The monoisotopic (exact) mass is 377 g/mol. The van der Waals surface area contributed by atoms with Crippen molar-refractivity contribution in [2.75, 3.05) is 7.11 Å². The summed E-state index contributed by atoms with van der Waals surface area (Å²) < 4.78 is 5.27. The summed E-state index contributed by atoms with van der Waals surface area (Å²) in [6.07, 6.45) is 6.47. The van der Waals surface area contributed by atoms with Gasteiger partial charge in [-0.15, -0.1) is 0 Å². The molecule has 1 aliphatic carbocycles. The maximum absolute atomic E-state index is 12.8. The zero-order valence-electron chi connectivity index (χ0n) is 17.0. The van der Waals surface area contributed by atoms with E-state index in [1.54, 1.807) is 7.11 Å². The number of carbonyl (C=O) groups is 1. The van der Waals surface area contributed by atoms with E-state index in [4.69, 9.17) is 4.74 Å². The minimum absolute atomic E-state index is 0.166. The number of rotatable bonds is 5. The predicted molar refractivity (Wildman–Crippen MR) is 112 cm³/mol. The van der Waals surface area contributed by atoms with Gasteiger partial charge in [0.2, 0.25) is 5.91 Å². The molecular weight excluding hydrogens is 346 g/mol. The minimum atomic E-state index is 0.166. The van der Waals surface area contributed by atoms with Crippen molar-refractivity contribution in [3.63, 3.8) is 0 Å². The van der Waals surface area contributed by atoms with Gasteiger partial charge >= 0.3 is 0 Å². The molecule has 2 fully saturated rings. The molecule has 148 valence electrons. The fourth-order valence-corrected chi connectivity index (χ4v) is 5.32. The first-order valence-electron chi connectivity index (χ1n) is 10.6. The summed E-state index contributed by atoms with van der Waals surface area (Å²) in [6.45, 7) is 2.19. The van der Waals surface area contributed by atoms with Gasteiger partial charge in [0.15, 0.2) is 0 Å². The minimum Gasteiger partial charge on any atom is -0.497 e. The molecule has 4 rings (SSSR count). The molecule has 4 atom stereocenters. The number of piperidine rings is 1. The van der Waals surface area contributed by atoms with Crippen molar-refractivity contribution in [1.29, 1.82) is 0 Å². The number of amides is 1. The Labute approximate surface area is 168 Å². The van der Waals surface area contributed by atoms with E-state index >= 15 is 0 Å². The van der Waals surface area contributed by atoms with E-state index in [0.717, 1.165) is 30.9 Å². The molecule has 3 nitrogen and oxygen atoms in total. The van der Waals surface area contributed by atoms with Crippen LogP contribution in [-0.4, -0.2) is 24.0 Å². The van der Waals surface area contributed by atoms with Crippen molar-refractivity contribution < 1.29 is 9.53 Å². The molecule has 0 aromatic heterocycles. The number of ether oxygens (including phenoxy) is 1. The lowest BCUT2D eigenvalue weighted by atomic mass is 9.71. The average Bonchev–Trinajstić information content (AvgIpc) is 2.74. The lowest BCUT2D eigenvalue weighted by Gasteiger charge is -2.48. The normalized spacial score (nSPS) is 25.9. The summed E-state index contributed by atoms with van der Waals surface area (Å²) in [6, 6.07) is 19.6. The van der Waals surface area contributed by atoms with Crippen LogP contribution in [0.5, 0.6) is 5.75 Å². The van der Waals surface area contributed by atoms with Gasteiger partial charge in [0.1, 0.15) is 5.75 Å². The molecule has 1 saturated carbocycles. The third-order valence-electron chi connectivity index (χ3n) is 6.81. The smallest absolute Gasteiger partial charge is 0.223 e. The number of likely N-dealkylation sites (tertiary alicyclic amines) is 1. The van der Waals surface area contributed by atoms with Crippen LogP contribution >= 0.6 is 0 Å². The largest absolute Gasteiger partial charge is 0.497 e. The number of methoxy groups -OCH3 is 1. The zero-order valence-corrected chi connectivity index (χ0v) is 17.0. The van der Waals surface area contributed by atoms with Gasteiger partial charge in [-0.05, 0) is 74.1 Å². The van der Waals surface area contributed by atoms with Crippen LogP contribution in [0.2, 0.25) is 0 Å². The van der Waals surface area contributed by atoms with E-state index in [-0.39, 0.29) is 6.04 Å². The fraction of sp³-hybridized carbons (Fsp3) is 0.480. The summed E-state index contributed by atoms with van der Waals surface area (Å²) in [5.41, 5.74) is 2.64. The maximum atomic E-state index is 12.8. The first kappa shape index (κ1) is 19.0. The first-order chi connectivity index (χ1) is 13.7. The van der Waals surface area contributed by atoms with Crippen LogP contribution in [0.15, 0.2) is 54.6 Å². The van der Waals surface area contributed by atoms with Crippen molar-refractivity contribution in [3.8, 4) is 5.75 Å². The second-order valence-corrected chi connectivity index (χ2v) is 8.49. The zero-order chi connectivity index (χ0) is 19.5. The van der Waals surface area contributed by atoms with Gasteiger partial charge in [-0.2, -0.15) is 0 Å². The molecular formula is C25H31NO2. The molecule has 0 radical (unpaired) electrons. The number of carbonyl (C=O) groups excluding carboxylic acids is 1. The number of hydrogen-bond acceptors (Lipinski definition) is 2. The lowest BCUT2D eigenvalue weighted by molar-refractivity contribution is -0.144. The Morgan fingerprint density at radius 2 is 1.79 bits per heavy atom. The van der Waals surface area contributed by atoms with E-state index in [9.17, 15) is 4.79 Å². The number of hydrogen-bond donors (Lipinski definition) is 0. The van der Waals surface area contributed by atoms with Gasteiger partial charge in [-0.3, -0.25) is 4.79 Å². The summed E-state index contributed by atoms with van der Waals surface area (Å²) in [5, 5.41) is 0. The van der Waals surface area contributed by atoms with Crippen LogP contribution in [0.3, 0.4) is 0 Å². The third-order valence-corrected chi connectivity index (χ3v) is 6.81. The second-order valence-electron chi connectivity index (χ2n) is 8.49. The van der Waals surface area contributed by atoms with Crippen LogP contribution in [0.1, 0.15) is 56.2 Å². The fourth-order valence-electron chi connectivity index (χ4n) is 5.32. The lowest BCUT2D eigenvalue weighted by Crippen LogP contribution is -2.51. The molecule has 28 heavy (non-hydrogen) atoms. The van der Waals surface area contributed by atoms with Crippen molar-refractivity contribution in [1.82, 2.24) is 4.90 Å². The van der Waals surface area contributed by atoms with Crippen molar-refractivity contribution in [2.24, 2.45) is 11.8 Å². The summed E-state index contributed by atoms with van der Waals surface area (Å²) in [5.74, 6) is 2.62. The molecule has 1 heterocycles. The van der Waals surface area contributed by atoms with E-state index in [1.807, 2.05) is 6.07 Å². The molecule has 0 bridgehead atoms. The van der Waals surface area contributed by atoms with Crippen molar-refractivity contribution >= 4 is 5.91 Å². The highest BCUT2D eigenvalue weighted by molar-refractivity contribution is 5.78. The Morgan fingerprint density at radius 3 is 2.50 bits per heavy atom. The van der Waals surface area contributed by atoms with Gasteiger partial charge in [0.05, 0.1) is 13.2 Å². The molecule has 0 spiro atoms. The second kappa shape index (κ2) is 8.38. The van der Waals surface area contributed by atoms with Crippen molar-refractivity contribution in [3.05, 3.63) is 65.7 Å². The standard InChI is InChI=1S/C25H31NO2/c1-18(21-6-4-3-5-7-21)26-24-14-10-20(17-22(24)11-15-25(26)27)16-19-8-12-23(28-2)13-9-19/h3-9,12-13,18,20,22,24H,10-11,14-17H2,1-2H3. The predicted octanol–water partition coefficient (Wildman–Crippen LogP) is 5.41. The maximum Gasteiger partial charge on any atom is 0.223 e. The van der Waals surface area contributed by atoms with Crippen LogP contribution in [0, 0.1) is 11.8 Å². The van der Waals surface area contributed by atoms with E-state index < -0.39 is 0 Å². The number of nitrogens with zero attached hydrogens (tertiary/aromatic N) is 1. The molecule has 0 N–H and O–H groups in total. The van der Waals surface area contributed by atoms with Gasteiger partial charge in [0, 0.05) is 12.5 Å². The van der Waals surface area contributed by atoms with E-state index in [1.165, 1.54) is 24.0 Å². The Hall–Kier alpha value is -2.29. The van der Waals surface area contributed by atoms with Crippen LogP contribution in [0.25, 0.3) is 0 Å². The Bertz CT molecular complexity index is 786. The van der Waals surface area contributed by atoms with Crippen LogP contribution in [0.4, 0.5) is 0 Å². The highest BCUT2D eigenvalue weighted by Gasteiger charge is 2.41. The summed E-state index contributed by atoms with van der Waals surface area (Å²) >= 11 is 0. The van der Waals surface area contributed by atoms with Crippen LogP contribution in [-0.2, 0) is 11.2 Å². The molecule has 1 aliphatic heterocycles. The van der Waals surface area contributed by atoms with Crippen molar-refractivity contribution in [2.45, 2.75) is 57.5 Å². The van der Waals surface area contributed by atoms with Gasteiger partial charge < -0.3 is 9.64 Å². The third kappa shape index (κ3) is 3.94. The SMILES string of the molecule is COc1ccc(CC2CCC3C(CCC(=O)N3C(C)c3ccccc3)C2)cc1. The van der Waals surface area contributed by atoms with E-state index in [2.05, 4.69) is 60.4 Å². The molecule has 2 aromatic rings. The van der Waals surface area contributed by atoms with Gasteiger partial charge in [0.25, 0.3) is 0 Å². The molecule has 3 heteroatoms. The Balaban J connectivity index is 1.44. The molecule has 2 aliphatic rings. The molecule has 4 unspecified atom stereocenters. The first-order valence-corrected chi connectivity index (χ1v) is 10.6. The topological polar surface area (TPSA) is 29.5 Å². The van der Waals surface area contributed by atoms with Crippen LogP contribution < -0.4 is 4.74 Å². The summed E-state index contributed by atoms with van der Waals surface area (Å²) in [4.78, 5) is 15.0. The molecule has 2 aromatic carbocycles. The quantitative estimate of drug-likeness (QED) is 0.697. The molecule has 1 amide bonds. The number of fused-ring (bicyclic) bond motifs is 1.